The van der Waals surface area contributed by atoms with Crippen LogP contribution >= 0.6 is 0 Å². The number of benzene rings is 2. The normalized spacial score (nSPS) is 14.9. The van der Waals surface area contributed by atoms with E-state index in [1.165, 1.54) is 0 Å². The summed E-state index contributed by atoms with van der Waals surface area (Å²) in [6, 6.07) is 14.4. The Labute approximate surface area is 146 Å². The molecule has 0 heterocycles. The largest absolute Gasteiger partial charge is 0.457 e. The van der Waals surface area contributed by atoms with Gasteiger partial charge in [-0.15, -0.1) is 0 Å². The van der Waals surface area contributed by atoms with Crippen LogP contribution in [0.1, 0.15) is 30.4 Å². The summed E-state index contributed by atoms with van der Waals surface area (Å²) in [6.07, 6.45) is 2.44. The Hall–Kier alpha value is -2.84. The number of hydrogen-bond donors (Lipinski definition) is 2. The predicted octanol–water partition coefficient (Wildman–Crippen LogP) is 3.76. The number of anilines is 1. The number of carbonyl (C=O) groups excluding carboxylic acids is 1. The zero-order valence-electron chi connectivity index (χ0n) is 14.1. The summed E-state index contributed by atoms with van der Waals surface area (Å²) in [5.41, 5.74) is 1.56. The maximum absolute atomic E-state index is 12.4. The van der Waals surface area contributed by atoms with E-state index in [-0.39, 0.29) is 12.5 Å². The van der Waals surface area contributed by atoms with E-state index in [1.807, 2.05) is 13.0 Å². The molecular formula is C20H20N2O3. The van der Waals surface area contributed by atoms with Crippen molar-refractivity contribution in [1.29, 1.82) is 5.26 Å². The van der Waals surface area contributed by atoms with Crippen molar-refractivity contribution in [3.05, 3.63) is 53.6 Å². The lowest BCUT2D eigenvalue weighted by Crippen LogP contribution is -2.44. The SMILES string of the molecule is Cc1cc(Oc2ccc(C#N)cc2)ccc1NC(=O)C1(CO)CCC1. The van der Waals surface area contributed by atoms with Gasteiger partial charge in [0.25, 0.3) is 0 Å². The number of carbonyl (C=O) groups is 1. The van der Waals surface area contributed by atoms with Gasteiger partial charge in [0, 0.05) is 5.69 Å². The van der Waals surface area contributed by atoms with E-state index in [4.69, 9.17) is 10.00 Å². The maximum atomic E-state index is 12.4. The second-order valence-corrected chi connectivity index (χ2v) is 6.46. The van der Waals surface area contributed by atoms with Crippen molar-refractivity contribution in [1.82, 2.24) is 0 Å². The van der Waals surface area contributed by atoms with Crippen LogP contribution in [-0.2, 0) is 4.79 Å². The monoisotopic (exact) mass is 336 g/mol. The fourth-order valence-corrected chi connectivity index (χ4v) is 2.89. The summed E-state index contributed by atoms with van der Waals surface area (Å²) >= 11 is 0. The molecule has 0 bridgehead atoms. The number of hydrogen-bond acceptors (Lipinski definition) is 4. The maximum Gasteiger partial charge on any atom is 0.232 e. The van der Waals surface area contributed by atoms with Gasteiger partial charge in [0.05, 0.1) is 23.7 Å². The first-order valence-electron chi connectivity index (χ1n) is 8.27. The van der Waals surface area contributed by atoms with Gasteiger partial charge in [-0.25, -0.2) is 0 Å². The Morgan fingerprint density at radius 1 is 1.24 bits per heavy atom. The summed E-state index contributed by atoms with van der Waals surface area (Å²) in [4.78, 5) is 12.4. The minimum atomic E-state index is -0.621. The third-order valence-corrected chi connectivity index (χ3v) is 4.76. The summed E-state index contributed by atoms with van der Waals surface area (Å²) in [5.74, 6) is 1.18. The highest BCUT2D eigenvalue weighted by Crippen LogP contribution is 2.41. The van der Waals surface area contributed by atoms with Crippen LogP contribution in [0, 0.1) is 23.7 Å². The molecule has 0 saturated heterocycles. The Bertz CT molecular complexity index is 812. The zero-order valence-corrected chi connectivity index (χ0v) is 14.1. The van der Waals surface area contributed by atoms with Crippen molar-refractivity contribution in [2.75, 3.05) is 11.9 Å². The Balaban J connectivity index is 1.70. The van der Waals surface area contributed by atoms with Crippen LogP contribution in [0.25, 0.3) is 0 Å². The number of nitriles is 1. The number of aliphatic hydroxyl groups excluding tert-OH is 1. The number of nitrogens with zero attached hydrogens (tertiary/aromatic N) is 1. The minimum absolute atomic E-state index is 0.113. The summed E-state index contributed by atoms with van der Waals surface area (Å²) in [5, 5.41) is 21.2. The second kappa shape index (κ2) is 6.96. The molecule has 2 N–H and O–H groups in total. The molecular weight excluding hydrogens is 316 g/mol. The van der Waals surface area contributed by atoms with E-state index in [1.54, 1.807) is 36.4 Å². The number of ether oxygens (including phenoxy) is 1. The van der Waals surface area contributed by atoms with E-state index >= 15 is 0 Å². The van der Waals surface area contributed by atoms with Gasteiger partial charge >= 0.3 is 0 Å². The standard InChI is InChI=1S/C20H20N2O3/c1-14-11-17(25-16-5-3-15(12-21)4-6-16)7-8-18(14)22-19(24)20(13-23)9-2-10-20/h3-8,11,23H,2,9-10,13H2,1H3,(H,22,24). The van der Waals surface area contributed by atoms with Gasteiger partial charge in [-0.3, -0.25) is 4.79 Å². The van der Waals surface area contributed by atoms with Crippen LogP contribution < -0.4 is 10.1 Å². The van der Waals surface area contributed by atoms with Crippen molar-refractivity contribution in [2.45, 2.75) is 26.2 Å². The van der Waals surface area contributed by atoms with E-state index in [9.17, 15) is 9.90 Å². The highest BCUT2D eigenvalue weighted by molar-refractivity contribution is 5.96. The average molecular weight is 336 g/mol. The van der Waals surface area contributed by atoms with Crippen LogP contribution in [0.15, 0.2) is 42.5 Å². The highest BCUT2D eigenvalue weighted by Gasteiger charge is 2.43. The lowest BCUT2D eigenvalue weighted by Gasteiger charge is -2.38. The first kappa shape index (κ1) is 17.0. The molecule has 5 nitrogen and oxygen atoms in total. The molecule has 1 fully saturated rings. The van der Waals surface area contributed by atoms with Gasteiger partial charge < -0.3 is 15.2 Å². The zero-order chi connectivity index (χ0) is 17.9. The summed E-state index contributed by atoms with van der Waals surface area (Å²) < 4.78 is 5.78. The fraction of sp³-hybridized carbons (Fsp3) is 0.300. The van der Waals surface area contributed by atoms with Crippen molar-refractivity contribution in [3.8, 4) is 17.6 Å². The van der Waals surface area contributed by atoms with Crippen LogP contribution in [0.5, 0.6) is 11.5 Å². The van der Waals surface area contributed by atoms with Crippen molar-refractivity contribution < 1.29 is 14.6 Å². The first-order valence-corrected chi connectivity index (χ1v) is 8.27. The number of nitrogens with one attached hydrogen (secondary N) is 1. The van der Waals surface area contributed by atoms with Gasteiger partial charge in [-0.1, -0.05) is 6.42 Å². The highest BCUT2D eigenvalue weighted by atomic mass is 16.5. The second-order valence-electron chi connectivity index (χ2n) is 6.46. The number of rotatable bonds is 5. The number of amides is 1. The van der Waals surface area contributed by atoms with E-state index < -0.39 is 5.41 Å². The third kappa shape index (κ3) is 3.49. The molecule has 1 aliphatic rings. The number of aliphatic hydroxyl groups is 1. The van der Waals surface area contributed by atoms with Crippen molar-refractivity contribution in [3.63, 3.8) is 0 Å². The average Bonchev–Trinajstić information content (AvgIpc) is 2.57. The van der Waals surface area contributed by atoms with Crippen LogP contribution in [0.2, 0.25) is 0 Å². The molecule has 25 heavy (non-hydrogen) atoms. The molecule has 1 aliphatic carbocycles. The van der Waals surface area contributed by atoms with E-state index in [2.05, 4.69) is 11.4 Å². The molecule has 0 spiro atoms. The topological polar surface area (TPSA) is 82.3 Å². The summed E-state index contributed by atoms with van der Waals surface area (Å²) in [7, 11) is 0. The molecule has 0 aliphatic heterocycles. The fourth-order valence-electron chi connectivity index (χ4n) is 2.89. The molecule has 2 aromatic carbocycles. The third-order valence-electron chi connectivity index (χ3n) is 4.76. The smallest absolute Gasteiger partial charge is 0.232 e. The van der Waals surface area contributed by atoms with E-state index in [0.29, 0.717) is 17.1 Å². The molecule has 0 atom stereocenters. The molecule has 2 aromatic rings. The van der Waals surface area contributed by atoms with Gasteiger partial charge in [-0.2, -0.15) is 5.26 Å². The minimum Gasteiger partial charge on any atom is -0.457 e. The lowest BCUT2D eigenvalue weighted by molar-refractivity contribution is -0.133. The molecule has 128 valence electrons. The molecule has 1 amide bonds. The summed E-state index contributed by atoms with van der Waals surface area (Å²) in [6.45, 7) is 1.78. The molecule has 0 radical (unpaired) electrons. The van der Waals surface area contributed by atoms with Gasteiger partial charge in [0.1, 0.15) is 11.5 Å². The van der Waals surface area contributed by atoms with Crippen LogP contribution in [-0.4, -0.2) is 17.6 Å². The van der Waals surface area contributed by atoms with Crippen molar-refractivity contribution in [2.24, 2.45) is 5.41 Å². The predicted molar refractivity (Wildman–Crippen MR) is 94.4 cm³/mol. The molecule has 0 unspecified atom stereocenters. The van der Waals surface area contributed by atoms with E-state index in [0.717, 1.165) is 30.5 Å². The Morgan fingerprint density at radius 2 is 1.92 bits per heavy atom. The Morgan fingerprint density at radius 3 is 2.44 bits per heavy atom. The van der Waals surface area contributed by atoms with Crippen LogP contribution in [0.3, 0.4) is 0 Å². The lowest BCUT2D eigenvalue weighted by atomic mass is 9.68. The molecule has 3 rings (SSSR count). The Kier molecular flexibility index (Phi) is 4.73. The van der Waals surface area contributed by atoms with Gasteiger partial charge in [0.2, 0.25) is 5.91 Å². The first-order chi connectivity index (χ1) is 12.1. The quantitative estimate of drug-likeness (QED) is 0.871. The van der Waals surface area contributed by atoms with Gasteiger partial charge in [0.15, 0.2) is 0 Å². The van der Waals surface area contributed by atoms with Gasteiger partial charge in [-0.05, 0) is 67.8 Å². The molecule has 5 heteroatoms. The van der Waals surface area contributed by atoms with Crippen molar-refractivity contribution >= 4 is 11.6 Å². The molecule has 1 saturated carbocycles. The molecule has 0 aromatic heterocycles. The van der Waals surface area contributed by atoms with Crippen LogP contribution in [0.4, 0.5) is 5.69 Å². The number of aryl methyl sites for hydroxylation is 1.